The number of halogens is 1. The van der Waals surface area contributed by atoms with Gasteiger partial charge in [0.05, 0.1) is 18.9 Å². The Kier molecular flexibility index (Phi) is 2.41. The zero-order chi connectivity index (χ0) is 10.8. The summed E-state index contributed by atoms with van der Waals surface area (Å²) in [6, 6.07) is 4.64. The fourth-order valence-electron chi connectivity index (χ4n) is 1.42. The maximum absolute atomic E-state index is 13.0. The van der Waals surface area contributed by atoms with Crippen LogP contribution in [0.1, 0.15) is 11.1 Å². The lowest BCUT2D eigenvalue weighted by Crippen LogP contribution is -2.02. The predicted molar refractivity (Wildman–Crippen MR) is 54.1 cm³/mol. The largest absolute Gasteiger partial charge is 0.505 e. The molecule has 4 heteroatoms. The molecular weight excluding hydrogens is 195 g/mol. The third-order valence-corrected chi connectivity index (χ3v) is 2.26. The van der Waals surface area contributed by atoms with Crippen molar-refractivity contribution in [3.8, 4) is 5.75 Å². The van der Waals surface area contributed by atoms with Crippen LogP contribution in [0, 0.1) is 12.7 Å². The molecule has 0 radical (unpaired) electrons. The molecule has 0 amide bonds. The van der Waals surface area contributed by atoms with E-state index in [1.54, 1.807) is 10.7 Å². The zero-order valence-corrected chi connectivity index (χ0v) is 8.31. The molecule has 0 saturated carbocycles. The van der Waals surface area contributed by atoms with E-state index in [-0.39, 0.29) is 11.6 Å². The summed E-state index contributed by atoms with van der Waals surface area (Å²) < 4.78 is 14.5. The van der Waals surface area contributed by atoms with Crippen molar-refractivity contribution in [2.75, 3.05) is 0 Å². The SMILES string of the molecule is Cc1ccc(F)cc1Cn1cc(O)cn1. The second-order valence-corrected chi connectivity index (χ2v) is 3.47. The summed E-state index contributed by atoms with van der Waals surface area (Å²) in [4.78, 5) is 0. The van der Waals surface area contributed by atoms with Gasteiger partial charge in [-0.1, -0.05) is 6.07 Å². The number of aromatic hydroxyl groups is 1. The minimum Gasteiger partial charge on any atom is -0.505 e. The molecule has 2 rings (SSSR count). The third kappa shape index (κ3) is 2.15. The quantitative estimate of drug-likeness (QED) is 0.817. The maximum atomic E-state index is 13.0. The third-order valence-electron chi connectivity index (χ3n) is 2.26. The molecule has 0 unspecified atom stereocenters. The van der Waals surface area contributed by atoms with Gasteiger partial charge in [0, 0.05) is 0 Å². The average molecular weight is 206 g/mol. The fourth-order valence-corrected chi connectivity index (χ4v) is 1.42. The lowest BCUT2D eigenvalue weighted by molar-refractivity contribution is 0.474. The predicted octanol–water partition coefficient (Wildman–Crippen LogP) is 2.08. The Balaban J connectivity index is 2.27. The molecule has 3 nitrogen and oxygen atoms in total. The molecule has 0 aliphatic carbocycles. The van der Waals surface area contributed by atoms with Crippen LogP contribution in [0.2, 0.25) is 0 Å². The Bertz CT molecular complexity index is 479. The van der Waals surface area contributed by atoms with Crippen molar-refractivity contribution in [1.29, 1.82) is 0 Å². The molecule has 0 atom stereocenters. The van der Waals surface area contributed by atoms with Crippen LogP contribution in [0.4, 0.5) is 4.39 Å². The van der Waals surface area contributed by atoms with E-state index in [0.29, 0.717) is 6.54 Å². The van der Waals surface area contributed by atoms with Gasteiger partial charge in [0.2, 0.25) is 0 Å². The molecular formula is C11H11FN2O. The maximum Gasteiger partial charge on any atom is 0.153 e. The van der Waals surface area contributed by atoms with Gasteiger partial charge in [-0.3, -0.25) is 4.68 Å². The highest BCUT2D eigenvalue weighted by atomic mass is 19.1. The number of hydrogen-bond donors (Lipinski definition) is 1. The van der Waals surface area contributed by atoms with Crippen LogP contribution in [0.3, 0.4) is 0 Å². The Morgan fingerprint density at radius 2 is 2.27 bits per heavy atom. The standard InChI is InChI=1S/C11H11FN2O/c1-8-2-3-10(12)4-9(8)6-14-7-11(15)5-13-14/h2-5,7,15H,6H2,1H3. The van der Waals surface area contributed by atoms with Crippen molar-refractivity contribution in [2.24, 2.45) is 0 Å². The Hall–Kier alpha value is -1.84. The Morgan fingerprint density at radius 1 is 1.47 bits per heavy atom. The van der Waals surface area contributed by atoms with Crippen molar-refractivity contribution >= 4 is 0 Å². The molecule has 0 aliphatic heterocycles. The highest BCUT2D eigenvalue weighted by Gasteiger charge is 2.02. The van der Waals surface area contributed by atoms with Crippen LogP contribution in [-0.2, 0) is 6.54 Å². The van der Waals surface area contributed by atoms with Gasteiger partial charge in [0.15, 0.2) is 5.75 Å². The first-order chi connectivity index (χ1) is 7.15. The molecule has 1 heterocycles. The van der Waals surface area contributed by atoms with E-state index in [1.165, 1.54) is 24.5 Å². The molecule has 1 aromatic heterocycles. The van der Waals surface area contributed by atoms with E-state index < -0.39 is 0 Å². The van der Waals surface area contributed by atoms with Gasteiger partial charge < -0.3 is 5.11 Å². The van der Waals surface area contributed by atoms with Crippen LogP contribution in [0.15, 0.2) is 30.6 Å². The van der Waals surface area contributed by atoms with E-state index in [9.17, 15) is 4.39 Å². The van der Waals surface area contributed by atoms with E-state index in [1.807, 2.05) is 6.92 Å². The molecule has 0 bridgehead atoms. The number of nitrogens with zero attached hydrogens (tertiary/aromatic N) is 2. The summed E-state index contributed by atoms with van der Waals surface area (Å²) in [7, 11) is 0. The van der Waals surface area contributed by atoms with Gasteiger partial charge in [-0.15, -0.1) is 0 Å². The number of aromatic nitrogens is 2. The molecule has 0 fully saturated rings. The first-order valence-corrected chi connectivity index (χ1v) is 4.61. The van der Waals surface area contributed by atoms with Crippen LogP contribution in [0.5, 0.6) is 5.75 Å². The molecule has 1 aromatic carbocycles. The molecule has 78 valence electrons. The Morgan fingerprint density at radius 3 is 2.93 bits per heavy atom. The van der Waals surface area contributed by atoms with Gasteiger partial charge in [-0.05, 0) is 30.2 Å². The smallest absolute Gasteiger partial charge is 0.153 e. The Labute approximate surface area is 86.8 Å². The number of aryl methyl sites for hydroxylation is 1. The second-order valence-electron chi connectivity index (χ2n) is 3.47. The van der Waals surface area contributed by atoms with E-state index in [0.717, 1.165) is 11.1 Å². The summed E-state index contributed by atoms with van der Waals surface area (Å²) in [6.45, 7) is 2.38. The molecule has 15 heavy (non-hydrogen) atoms. The van der Waals surface area contributed by atoms with Crippen molar-refractivity contribution in [2.45, 2.75) is 13.5 Å². The van der Waals surface area contributed by atoms with E-state index >= 15 is 0 Å². The van der Waals surface area contributed by atoms with Crippen molar-refractivity contribution in [3.05, 3.63) is 47.5 Å². The number of rotatable bonds is 2. The van der Waals surface area contributed by atoms with Crippen LogP contribution in [0.25, 0.3) is 0 Å². The molecule has 0 aliphatic rings. The summed E-state index contributed by atoms with van der Waals surface area (Å²) in [5.41, 5.74) is 1.87. The van der Waals surface area contributed by atoms with E-state index in [4.69, 9.17) is 5.11 Å². The van der Waals surface area contributed by atoms with Crippen LogP contribution >= 0.6 is 0 Å². The minimum absolute atomic E-state index is 0.115. The van der Waals surface area contributed by atoms with Crippen molar-refractivity contribution in [1.82, 2.24) is 9.78 Å². The van der Waals surface area contributed by atoms with Crippen molar-refractivity contribution in [3.63, 3.8) is 0 Å². The lowest BCUT2D eigenvalue weighted by Gasteiger charge is -2.05. The highest BCUT2D eigenvalue weighted by Crippen LogP contribution is 2.13. The highest BCUT2D eigenvalue weighted by molar-refractivity contribution is 5.27. The second kappa shape index (κ2) is 3.73. The first kappa shape index (κ1) is 9.71. The first-order valence-electron chi connectivity index (χ1n) is 4.61. The molecule has 0 spiro atoms. The van der Waals surface area contributed by atoms with Gasteiger partial charge in [-0.25, -0.2) is 4.39 Å². The summed E-state index contributed by atoms with van der Waals surface area (Å²) in [5.74, 6) is -0.143. The average Bonchev–Trinajstić information content (AvgIpc) is 2.58. The minimum atomic E-state index is -0.257. The van der Waals surface area contributed by atoms with Crippen molar-refractivity contribution < 1.29 is 9.50 Å². The van der Waals surface area contributed by atoms with E-state index in [2.05, 4.69) is 5.10 Å². The van der Waals surface area contributed by atoms with Gasteiger partial charge in [0.25, 0.3) is 0 Å². The summed E-state index contributed by atoms with van der Waals surface area (Å²) in [5, 5.41) is 13.0. The summed E-state index contributed by atoms with van der Waals surface area (Å²) in [6.07, 6.45) is 2.86. The normalized spacial score (nSPS) is 10.5. The number of benzene rings is 1. The topological polar surface area (TPSA) is 38.0 Å². The van der Waals surface area contributed by atoms with Crippen LogP contribution in [-0.4, -0.2) is 14.9 Å². The summed E-state index contributed by atoms with van der Waals surface area (Å²) >= 11 is 0. The van der Waals surface area contributed by atoms with Gasteiger partial charge in [-0.2, -0.15) is 5.10 Å². The van der Waals surface area contributed by atoms with Gasteiger partial charge >= 0.3 is 0 Å². The fraction of sp³-hybridized carbons (Fsp3) is 0.182. The molecule has 1 N–H and O–H groups in total. The lowest BCUT2D eigenvalue weighted by atomic mass is 10.1. The number of hydrogen-bond acceptors (Lipinski definition) is 2. The zero-order valence-electron chi connectivity index (χ0n) is 8.31. The molecule has 2 aromatic rings. The van der Waals surface area contributed by atoms with Crippen LogP contribution < -0.4 is 0 Å². The monoisotopic (exact) mass is 206 g/mol. The molecule has 0 saturated heterocycles. The van der Waals surface area contributed by atoms with Gasteiger partial charge in [0.1, 0.15) is 5.82 Å².